The minimum atomic E-state index is 0.0787. The largest absolute Gasteiger partial charge is 0.338 e. The lowest BCUT2D eigenvalue weighted by atomic mass is 10.1. The van der Waals surface area contributed by atoms with Crippen LogP contribution in [-0.4, -0.2) is 39.4 Å². The van der Waals surface area contributed by atoms with Gasteiger partial charge in [0.15, 0.2) is 0 Å². The minimum absolute atomic E-state index is 0.0787. The van der Waals surface area contributed by atoms with Crippen LogP contribution in [0.3, 0.4) is 0 Å². The van der Waals surface area contributed by atoms with Crippen LogP contribution in [-0.2, 0) is 6.42 Å². The highest BCUT2D eigenvalue weighted by molar-refractivity contribution is 8.00. The summed E-state index contributed by atoms with van der Waals surface area (Å²) in [6, 6.07) is 3.58. The van der Waals surface area contributed by atoms with Gasteiger partial charge in [0, 0.05) is 34.8 Å². The van der Waals surface area contributed by atoms with Crippen molar-refractivity contribution >= 4 is 29.3 Å². The average Bonchev–Trinajstić information content (AvgIpc) is 2.58. The molecule has 1 aliphatic rings. The summed E-state index contributed by atoms with van der Waals surface area (Å²) >= 11 is 8.00. The first kappa shape index (κ1) is 16.6. The highest BCUT2D eigenvalue weighted by Crippen LogP contribution is 2.31. The number of pyridine rings is 1. The second-order valence-electron chi connectivity index (χ2n) is 6.07. The van der Waals surface area contributed by atoms with E-state index in [0.29, 0.717) is 10.7 Å². The van der Waals surface area contributed by atoms with E-state index in [0.717, 1.165) is 43.8 Å². The van der Waals surface area contributed by atoms with Gasteiger partial charge in [0.1, 0.15) is 5.15 Å². The maximum Gasteiger partial charge on any atom is 0.254 e. The van der Waals surface area contributed by atoms with Crippen molar-refractivity contribution in [3.05, 3.63) is 28.5 Å². The van der Waals surface area contributed by atoms with Crippen molar-refractivity contribution in [1.29, 1.82) is 0 Å². The molecule has 2 rings (SSSR count). The first-order valence-electron chi connectivity index (χ1n) is 7.51. The van der Waals surface area contributed by atoms with Gasteiger partial charge >= 0.3 is 0 Å². The Balaban J connectivity index is 2.15. The van der Waals surface area contributed by atoms with Crippen LogP contribution in [0.25, 0.3) is 0 Å². The number of thioether (sulfide) groups is 1. The van der Waals surface area contributed by atoms with E-state index < -0.39 is 0 Å². The third-order valence-electron chi connectivity index (χ3n) is 3.73. The minimum Gasteiger partial charge on any atom is -0.338 e. The molecule has 0 spiro atoms. The molecule has 1 saturated heterocycles. The molecule has 3 nitrogen and oxygen atoms in total. The van der Waals surface area contributed by atoms with E-state index in [9.17, 15) is 4.79 Å². The molecule has 1 aromatic heterocycles. The molecule has 21 heavy (non-hydrogen) atoms. The molecule has 116 valence electrons. The van der Waals surface area contributed by atoms with E-state index in [1.54, 1.807) is 6.07 Å². The predicted octanol–water partition coefficient (Wildman–Crippen LogP) is 4.05. The van der Waals surface area contributed by atoms with E-state index in [1.165, 1.54) is 0 Å². The second kappa shape index (κ2) is 7.01. The zero-order valence-electron chi connectivity index (χ0n) is 13.0. The summed E-state index contributed by atoms with van der Waals surface area (Å²) in [5.74, 6) is 1.06. The predicted molar refractivity (Wildman–Crippen MR) is 90.3 cm³/mol. The number of hydrogen-bond acceptors (Lipinski definition) is 3. The molecule has 0 N–H and O–H groups in total. The highest BCUT2D eigenvalue weighted by Gasteiger charge is 2.26. The maximum atomic E-state index is 12.7. The summed E-state index contributed by atoms with van der Waals surface area (Å²) < 4.78 is 0.248. The van der Waals surface area contributed by atoms with Crippen molar-refractivity contribution in [2.45, 2.75) is 44.8 Å². The summed E-state index contributed by atoms with van der Waals surface area (Å²) in [5, 5.41) is 0.411. The van der Waals surface area contributed by atoms with Gasteiger partial charge in [-0.05, 0) is 25.0 Å². The Kier molecular flexibility index (Phi) is 5.55. The number of hydrogen-bond donors (Lipinski definition) is 0. The van der Waals surface area contributed by atoms with E-state index in [1.807, 2.05) is 22.7 Å². The first-order valence-corrected chi connectivity index (χ1v) is 8.87. The standard InChI is InChI=1S/C16H23ClN2OS/c1-4-5-13-10-12(11-14(17)18-13)15(20)19-7-6-16(2,3)21-9-8-19/h10-11H,4-9H2,1-3H3. The topological polar surface area (TPSA) is 33.2 Å². The molecule has 1 fully saturated rings. The molecular formula is C16H23ClN2OS. The average molecular weight is 327 g/mol. The molecule has 2 heterocycles. The Labute approximate surface area is 136 Å². The number of aromatic nitrogens is 1. The molecule has 0 aliphatic carbocycles. The molecule has 1 amide bonds. The van der Waals surface area contributed by atoms with Crippen molar-refractivity contribution in [3.63, 3.8) is 0 Å². The van der Waals surface area contributed by atoms with Crippen LogP contribution in [0.5, 0.6) is 0 Å². The van der Waals surface area contributed by atoms with E-state index >= 15 is 0 Å². The van der Waals surface area contributed by atoms with Crippen LogP contribution in [0.4, 0.5) is 0 Å². The highest BCUT2D eigenvalue weighted by atomic mass is 35.5. The van der Waals surface area contributed by atoms with Gasteiger partial charge < -0.3 is 4.90 Å². The quantitative estimate of drug-likeness (QED) is 0.786. The molecule has 0 radical (unpaired) electrons. The van der Waals surface area contributed by atoms with Gasteiger partial charge in [0.05, 0.1) is 0 Å². The molecule has 0 saturated carbocycles. The zero-order valence-corrected chi connectivity index (χ0v) is 14.6. The fourth-order valence-corrected chi connectivity index (χ4v) is 3.79. The van der Waals surface area contributed by atoms with Gasteiger partial charge in [0.25, 0.3) is 5.91 Å². The normalized spacial score (nSPS) is 18.4. The van der Waals surface area contributed by atoms with Gasteiger partial charge in [-0.2, -0.15) is 11.8 Å². The van der Waals surface area contributed by atoms with Crippen LogP contribution in [0.2, 0.25) is 5.15 Å². The van der Waals surface area contributed by atoms with Gasteiger partial charge in [-0.15, -0.1) is 0 Å². The number of carbonyl (C=O) groups is 1. The van der Waals surface area contributed by atoms with Gasteiger partial charge in [-0.25, -0.2) is 4.98 Å². The van der Waals surface area contributed by atoms with E-state index in [4.69, 9.17) is 11.6 Å². The smallest absolute Gasteiger partial charge is 0.254 e. The number of aryl methyl sites for hydroxylation is 1. The molecule has 0 bridgehead atoms. The molecule has 1 aliphatic heterocycles. The van der Waals surface area contributed by atoms with Crippen LogP contribution in [0, 0.1) is 0 Å². The third-order valence-corrected chi connectivity index (χ3v) is 5.29. The third kappa shape index (κ3) is 4.62. The number of halogens is 1. The van der Waals surface area contributed by atoms with Crippen molar-refractivity contribution in [2.24, 2.45) is 0 Å². The number of nitrogens with zero attached hydrogens (tertiary/aromatic N) is 2. The van der Waals surface area contributed by atoms with Crippen LogP contribution in [0.1, 0.15) is 49.7 Å². The Morgan fingerprint density at radius 2 is 2.19 bits per heavy atom. The summed E-state index contributed by atoms with van der Waals surface area (Å²) in [4.78, 5) is 18.9. The van der Waals surface area contributed by atoms with Crippen molar-refractivity contribution < 1.29 is 4.79 Å². The Morgan fingerprint density at radius 1 is 1.43 bits per heavy atom. The number of amides is 1. The molecule has 0 unspecified atom stereocenters. The van der Waals surface area contributed by atoms with Gasteiger partial charge in [-0.1, -0.05) is 38.8 Å². The lowest BCUT2D eigenvalue weighted by Gasteiger charge is -2.23. The fraction of sp³-hybridized carbons (Fsp3) is 0.625. The fourth-order valence-electron chi connectivity index (χ4n) is 2.46. The number of carbonyl (C=O) groups excluding carboxylic acids is 1. The van der Waals surface area contributed by atoms with Crippen molar-refractivity contribution in [1.82, 2.24) is 9.88 Å². The Morgan fingerprint density at radius 3 is 2.90 bits per heavy atom. The van der Waals surface area contributed by atoms with Crippen molar-refractivity contribution in [2.75, 3.05) is 18.8 Å². The summed E-state index contributed by atoms with van der Waals surface area (Å²) in [6.45, 7) is 8.19. The molecule has 0 aromatic carbocycles. The number of rotatable bonds is 3. The molecule has 0 atom stereocenters. The SMILES string of the molecule is CCCc1cc(C(=O)N2CCSC(C)(C)CC2)cc(Cl)n1. The van der Waals surface area contributed by atoms with Crippen LogP contribution < -0.4 is 0 Å². The van der Waals surface area contributed by atoms with Gasteiger partial charge in [0.2, 0.25) is 0 Å². The second-order valence-corrected chi connectivity index (χ2v) is 8.26. The summed E-state index contributed by atoms with van der Waals surface area (Å²) in [7, 11) is 0. The molecular weight excluding hydrogens is 304 g/mol. The van der Waals surface area contributed by atoms with Crippen LogP contribution in [0.15, 0.2) is 12.1 Å². The monoisotopic (exact) mass is 326 g/mol. The van der Waals surface area contributed by atoms with E-state index in [-0.39, 0.29) is 10.7 Å². The lowest BCUT2D eigenvalue weighted by molar-refractivity contribution is 0.0764. The van der Waals surface area contributed by atoms with Crippen LogP contribution >= 0.6 is 23.4 Å². The maximum absolute atomic E-state index is 12.7. The zero-order chi connectivity index (χ0) is 15.5. The Bertz CT molecular complexity index is 519. The van der Waals surface area contributed by atoms with E-state index in [2.05, 4.69) is 25.8 Å². The first-order chi connectivity index (χ1) is 9.91. The summed E-state index contributed by atoms with van der Waals surface area (Å²) in [5.41, 5.74) is 1.57. The summed E-state index contributed by atoms with van der Waals surface area (Å²) in [6.07, 6.45) is 2.86. The Hall–Kier alpha value is -0.740. The lowest BCUT2D eigenvalue weighted by Crippen LogP contribution is -2.33. The van der Waals surface area contributed by atoms with Gasteiger partial charge in [-0.3, -0.25) is 4.79 Å². The van der Waals surface area contributed by atoms with Crippen molar-refractivity contribution in [3.8, 4) is 0 Å². The molecule has 1 aromatic rings. The molecule has 5 heteroatoms.